The lowest BCUT2D eigenvalue weighted by molar-refractivity contribution is -0.131. The Labute approximate surface area is 219 Å². The van der Waals surface area contributed by atoms with Crippen LogP contribution in [0.15, 0.2) is 53.6 Å². The number of thioether (sulfide) groups is 1. The van der Waals surface area contributed by atoms with Crippen molar-refractivity contribution >= 4 is 63.1 Å². The number of benzene rings is 2. The van der Waals surface area contributed by atoms with E-state index < -0.39 is 5.91 Å². The number of nitrogens with zero attached hydrogens (tertiary/aromatic N) is 3. The van der Waals surface area contributed by atoms with Gasteiger partial charge in [0.25, 0.3) is 11.1 Å². The zero-order chi connectivity index (χ0) is 25.2. The minimum atomic E-state index is -0.397. The molecule has 3 amide bonds. The van der Waals surface area contributed by atoms with Crippen molar-refractivity contribution < 1.29 is 14.4 Å². The number of aryl methyl sites for hydroxylation is 1. The second kappa shape index (κ2) is 10.5. The molecule has 0 aliphatic carbocycles. The Morgan fingerprint density at radius 2 is 1.78 bits per heavy atom. The van der Waals surface area contributed by atoms with Crippen LogP contribution in [0.25, 0.3) is 17.0 Å². The summed E-state index contributed by atoms with van der Waals surface area (Å²) in [6.07, 6.45) is 8.95. The van der Waals surface area contributed by atoms with Crippen LogP contribution in [0.5, 0.6) is 0 Å². The highest BCUT2D eigenvalue weighted by atomic mass is 35.5. The zero-order valence-electron chi connectivity index (χ0n) is 20.2. The number of anilines is 1. The van der Waals surface area contributed by atoms with Crippen LogP contribution in [0.2, 0.25) is 5.02 Å². The smallest absolute Gasteiger partial charge is 0.298 e. The number of imide groups is 1. The molecule has 2 aliphatic rings. The zero-order valence-corrected chi connectivity index (χ0v) is 21.8. The fourth-order valence-corrected chi connectivity index (χ4v) is 6.05. The second-order valence-corrected chi connectivity index (χ2v) is 10.5. The van der Waals surface area contributed by atoms with Gasteiger partial charge in [-0.2, -0.15) is 0 Å². The molecule has 2 aliphatic heterocycles. The molecule has 36 heavy (non-hydrogen) atoms. The van der Waals surface area contributed by atoms with Gasteiger partial charge in [0.15, 0.2) is 0 Å². The molecule has 0 N–H and O–H groups in total. The Morgan fingerprint density at radius 3 is 2.50 bits per heavy atom. The molecule has 0 bridgehead atoms. The predicted octanol–water partition coefficient (Wildman–Crippen LogP) is 6.50. The van der Waals surface area contributed by atoms with Crippen LogP contribution < -0.4 is 4.90 Å². The molecule has 8 heteroatoms. The molecule has 6 nitrogen and oxygen atoms in total. The topological polar surface area (TPSA) is 62.6 Å². The van der Waals surface area contributed by atoms with E-state index in [1.54, 1.807) is 30.3 Å². The number of amides is 3. The second-order valence-electron chi connectivity index (χ2n) is 9.14. The summed E-state index contributed by atoms with van der Waals surface area (Å²) in [5.41, 5.74) is 3.33. The van der Waals surface area contributed by atoms with E-state index >= 15 is 0 Å². The normalized spacial score (nSPS) is 17.9. The number of carbonyl (C=O) groups is 3. The van der Waals surface area contributed by atoms with E-state index in [1.807, 2.05) is 27.8 Å². The van der Waals surface area contributed by atoms with Gasteiger partial charge in [0.05, 0.1) is 21.1 Å². The lowest BCUT2D eigenvalue weighted by atomic mass is 10.1. The number of likely N-dealkylation sites (tertiary alicyclic amines) is 1. The fourth-order valence-electron chi connectivity index (χ4n) is 5.01. The van der Waals surface area contributed by atoms with E-state index in [1.165, 1.54) is 12.8 Å². The summed E-state index contributed by atoms with van der Waals surface area (Å²) < 4.78 is 2.01. The number of carbonyl (C=O) groups excluding carboxylic acids is 3. The van der Waals surface area contributed by atoms with Gasteiger partial charge in [0, 0.05) is 30.2 Å². The Bertz CT molecular complexity index is 1370. The van der Waals surface area contributed by atoms with Crippen LogP contribution in [-0.2, 0) is 22.6 Å². The standard InChI is InChI=1S/C28H28ClN3O3S/c1-2-19-10-9-11-21-20(17-31(26(19)21)18-25(33)30-14-7-3-4-8-15-30)16-24-27(34)32(28(35)36-24)23-13-6-5-12-22(23)29/h5-6,9-13,16-17H,2-4,7-8,14-15,18H2,1H3/b24-16-. The van der Waals surface area contributed by atoms with Crippen LogP contribution in [-0.4, -0.2) is 39.6 Å². The van der Waals surface area contributed by atoms with Gasteiger partial charge in [0.2, 0.25) is 5.91 Å². The van der Waals surface area contributed by atoms with Gasteiger partial charge >= 0.3 is 0 Å². The number of hydrogen-bond donors (Lipinski definition) is 0. The van der Waals surface area contributed by atoms with Crippen molar-refractivity contribution in [3.63, 3.8) is 0 Å². The number of aromatic nitrogens is 1. The molecule has 3 aromatic rings. The molecule has 0 saturated carbocycles. The van der Waals surface area contributed by atoms with E-state index in [9.17, 15) is 14.4 Å². The van der Waals surface area contributed by atoms with Gasteiger partial charge in [-0.25, -0.2) is 4.90 Å². The maximum atomic E-state index is 13.2. The maximum Gasteiger partial charge on any atom is 0.298 e. The largest absolute Gasteiger partial charge is 0.341 e. The Kier molecular flexibility index (Phi) is 7.21. The molecule has 0 spiro atoms. The molecule has 0 atom stereocenters. The average Bonchev–Trinajstić information content (AvgIpc) is 3.20. The van der Waals surface area contributed by atoms with E-state index in [-0.39, 0.29) is 17.7 Å². The summed E-state index contributed by atoms with van der Waals surface area (Å²) in [7, 11) is 0. The summed E-state index contributed by atoms with van der Waals surface area (Å²) in [5, 5.41) is 0.925. The van der Waals surface area contributed by atoms with Crippen LogP contribution >= 0.6 is 23.4 Å². The monoisotopic (exact) mass is 521 g/mol. The summed E-state index contributed by atoms with van der Waals surface area (Å²) in [4.78, 5) is 42.7. The lowest BCUT2D eigenvalue weighted by Crippen LogP contribution is -2.34. The van der Waals surface area contributed by atoms with Crippen LogP contribution in [0, 0.1) is 0 Å². The average molecular weight is 522 g/mol. The van der Waals surface area contributed by atoms with Crippen molar-refractivity contribution in [3.05, 3.63) is 69.7 Å². The Hall–Kier alpha value is -3.03. The highest BCUT2D eigenvalue weighted by molar-refractivity contribution is 8.19. The van der Waals surface area contributed by atoms with Crippen LogP contribution in [0.1, 0.15) is 43.7 Å². The highest BCUT2D eigenvalue weighted by Crippen LogP contribution is 2.39. The van der Waals surface area contributed by atoms with Gasteiger partial charge in [0.1, 0.15) is 6.54 Å². The molecule has 1 aromatic heterocycles. The van der Waals surface area contributed by atoms with E-state index in [0.717, 1.165) is 71.0 Å². The molecule has 2 fully saturated rings. The molecule has 186 valence electrons. The first kappa shape index (κ1) is 24.7. The fraction of sp³-hybridized carbons (Fsp3) is 0.321. The first-order chi connectivity index (χ1) is 17.5. The number of hydrogen-bond acceptors (Lipinski definition) is 4. The third-order valence-corrected chi connectivity index (χ3v) is 8.02. The first-order valence-corrected chi connectivity index (χ1v) is 13.6. The molecule has 0 unspecified atom stereocenters. The molecule has 2 saturated heterocycles. The van der Waals surface area contributed by atoms with Crippen molar-refractivity contribution in [2.75, 3.05) is 18.0 Å². The van der Waals surface area contributed by atoms with Gasteiger partial charge in [-0.3, -0.25) is 14.4 Å². The predicted molar refractivity (Wildman–Crippen MR) is 146 cm³/mol. The van der Waals surface area contributed by atoms with E-state index in [2.05, 4.69) is 13.0 Å². The van der Waals surface area contributed by atoms with Gasteiger partial charge in [-0.15, -0.1) is 0 Å². The van der Waals surface area contributed by atoms with Crippen LogP contribution in [0.4, 0.5) is 10.5 Å². The molecule has 3 heterocycles. The van der Waals surface area contributed by atoms with Crippen molar-refractivity contribution in [2.45, 2.75) is 45.6 Å². The Balaban J connectivity index is 1.51. The number of rotatable bonds is 5. The molecular formula is C28H28ClN3O3S. The summed E-state index contributed by atoms with van der Waals surface area (Å²) in [6.45, 7) is 3.96. The summed E-state index contributed by atoms with van der Waals surface area (Å²) in [5.74, 6) is -0.281. The van der Waals surface area contributed by atoms with E-state index in [4.69, 9.17) is 11.6 Å². The minimum Gasteiger partial charge on any atom is -0.341 e. The minimum absolute atomic E-state index is 0.116. The number of para-hydroxylation sites is 2. The van der Waals surface area contributed by atoms with Crippen molar-refractivity contribution in [3.8, 4) is 0 Å². The summed E-state index contributed by atoms with van der Waals surface area (Å²) in [6, 6.07) is 12.9. The Morgan fingerprint density at radius 1 is 1.03 bits per heavy atom. The van der Waals surface area contributed by atoms with Gasteiger partial charge in [-0.05, 0) is 54.8 Å². The van der Waals surface area contributed by atoms with Crippen molar-refractivity contribution in [2.24, 2.45) is 0 Å². The SMILES string of the molecule is CCc1cccc2c(/C=C3\SC(=O)N(c4ccccc4Cl)C3=O)cn(CC(=O)N3CCCCCC3)c12. The maximum absolute atomic E-state index is 13.2. The molecule has 5 rings (SSSR count). The van der Waals surface area contributed by atoms with Crippen molar-refractivity contribution in [1.82, 2.24) is 9.47 Å². The summed E-state index contributed by atoms with van der Waals surface area (Å²) >= 11 is 7.17. The number of fused-ring (bicyclic) bond motifs is 1. The molecule has 0 radical (unpaired) electrons. The number of halogens is 1. The van der Waals surface area contributed by atoms with Crippen molar-refractivity contribution in [1.29, 1.82) is 0 Å². The lowest BCUT2D eigenvalue weighted by Gasteiger charge is -2.21. The quantitative estimate of drug-likeness (QED) is 0.359. The first-order valence-electron chi connectivity index (χ1n) is 12.4. The van der Waals surface area contributed by atoms with Gasteiger partial charge < -0.3 is 9.47 Å². The van der Waals surface area contributed by atoms with Gasteiger partial charge in [-0.1, -0.05) is 61.7 Å². The third kappa shape index (κ3) is 4.70. The highest BCUT2D eigenvalue weighted by Gasteiger charge is 2.37. The van der Waals surface area contributed by atoms with E-state index in [0.29, 0.717) is 15.6 Å². The van der Waals surface area contributed by atoms with Crippen LogP contribution in [0.3, 0.4) is 0 Å². The molecular weight excluding hydrogens is 494 g/mol. The molecule has 2 aromatic carbocycles. The third-order valence-electron chi connectivity index (χ3n) is 6.83.